The van der Waals surface area contributed by atoms with Gasteiger partial charge >= 0.3 is 0 Å². The molecule has 1 saturated heterocycles. The molecule has 0 spiro atoms. The molecule has 0 amide bonds. The lowest BCUT2D eigenvalue weighted by atomic mass is 9.70. The molecule has 1 atom stereocenters. The molecule has 0 aliphatic carbocycles. The summed E-state index contributed by atoms with van der Waals surface area (Å²) in [6.07, 6.45) is 1.31. The fourth-order valence-electron chi connectivity index (χ4n) is 3.27. The Labute approximate surface area is 89.9 Å². The fourth-order valence-corrected chi connectivity index (χ4v) is 3.27. The summed E-state index contributed by atoms with van der Waals surface area (Å²) in [5.41, 5.74) is 1.08. The molecule has 0 aromatic heterocycles. The Kier molecular flexibility index (Phi) is 2.56. The zero-order valence-corrected chi connectivity index (χ0v) is 11.2. The molecule has 1 heteroatoms. The first-order valence-electron chi connectivity index (χ1n) is 5.73. The van der Waals surface area contributed by atoms with Gasteiger partial charge in [0.05, 0.1) is 0 Å². The molecule has 1 aliphatic rings. The van der Waals surface area contributed by atoms with Crippen LogP contribution in [0.25, 0.3) is 0 Å². The van der Waals surface area contributed by atoms with Crippen molar-refractivity contribution in [2.24, 2.45) is 11.3 Å². The van der Waals surface area contributed by atoms with Crippen molar-refractivity contribution in [1.29, 1.82) is 0 Å². The van der Waals surface area contributed by atoms with Crippen LogP contribution in [-0.2, 0) is 0 Å². The Balaban J connectivity index is 3.03. The highest BCUT2D eigenvalue weighted by Crippen LogP contribution is 2.50. The van der Waals surface area contributed by atoms with E-state index in [-0.39, 0.29) is 0 Å². The highest BCUT2D eigenvalue weighted by Gasteiger charge is 2.52. The maximum Gasteiger partial charge on any atom is 0.0189 e. The second-order valence-electron chi connectivity index (χ2n) is 7.15. The van der Waals surface area contributed by atoms with Gasteiger partial charge in [0.2, 0.25) is 0 Å². The molecule has 0 radical (unpaired) electrons. The van der Waals surface area contributed by atoms with E-state index in [2.05, 4.69) is 60.4 Å². The van der Waals surface area contributed by atoms with E-state index in [1.54, 1.807) is 0 Å². The fraction of sp³-hybridized carbons (Fsp3) is 1.00. The molecular formula is C13H27N. The van der Waals surface area contributed by atoms with Gasteiger partial charge in [-0.05, 0) is 52.5 Å². The minimum Gasteiger partial charge on any atom is -0.296 e. The molecule has 1 unspecified atom stereocenters. The Morgan fingerprint density at radius 3 is 1.64 bits per heavy atom. The van der Waals surface area contributed by atoms with Crippen molar-refractivity contribution in [3.8, 4) is 0 Å². The molecule has 0 saturated carbocycles. The van der Waals surface area contributed by atoms with Crippen LogP contribution in [0, 0.1) is 11.3 Å². The van der Waals surface area contributed by atoms with Gasteiger partial charge < -0.3 is 0 Å². The van der Waals surface area contributed by atoms with E-state index in [1.165, 1.54) is 6.42 Å². The van der Waals surface area contributed by atoms with Gasteiger partial charge in [-0.3, -0.25) is 4.90 Å². The molecule has 0 bridgehead atoms. The highest BCUT2D eigenvalue weighted by molar-refractivity contribution is 5.07. The number of hydrogen-bond donors (Lipinski definition) is 0. The molecule has 1 aliphatic heterocycles. The Hall–Kier alpha value is -0.0400. The third-order valence-electron chi connectivity index (χ3n) is 4.37. The summed E-state index contributed by atoms with van der Waals surface area (Å²) < 4.78 is 0. The van der Waals surface area contributed by atoms with Gasteiger partial charge in [-0.2, -0.15) is 0 Å². The summed E-state index contributed by atoms with van der Waals surface area (Å²) in [5.74, 6) is 0.773. The quantitative estimate of drug-likeness (QED) is 0.574. The lowest BCUT2D eigenvalue weighted by Crippen LogP contribution is -2.48. The van der Waals surface area contributed by atoms with Crippen molar-refractivity contribution in [2.75, 3.05) is 7.05 Å². The van der Waals surface area contributed by atoms with Crippen LogP contribution in [0.5, 0.6) is 0 Å². The van der Waals surface area contributed by atoms with Gasteiger partial charge in [-0.15, -0.1) is 0 Å². The Morgan fingerprint density at radius 2 is 1.50 bits per heavy atom. The molecule has 84 valence electrons. The molecule has 0 aromatic carbocycles. The molecule has 1 fully saturated rings. The molecule has 0 aromatic rings. The van der Waals surface area contributed by atoms with Crippen LogP contribution in [0.3, 0.4) is 0 Å². The predicted octanol–water partition coefficient (Wildman–Crippen LogP) is 3.54. The monoisotopic (exact) mass is 197 g/mol. The Morgan fingerprint density at radius 1 is 1.07 bits per heavy atom. The summed E-state index contributed by atoms with van der Waals surface area (Å²) >= 11 is 0. The number of likely N-dealkylation sites (tertiary alicyclic amines) is 1. The summed E-state index contributed by atoms with van der Waals surface area (Å²) in [4.78, 5) is 2.55. The Bertz CT molecular complexity index is 220. The second-order valence-corrected chi connectivity index (χ2v) is 7.15. The normalized spacial score (nSPS) is 32.1. The first-order chi connectivity index (χ1) is 5.99. The predicted molar refractivity (Wildman–Crippen MR) is 63.5 cm³/mol. The third kappa shape index (κ3) is 1.71. The standard InChI is InChI=1S/C13H27N/c1-11(2,3)10-9-12(4,5)14(8)13(10,6)7/h10H,9H2,1-8H3. The average Bonchev–Trinajstić information content (AvgIpc) is 2.10. The first kappa shape index (κ1) is 12.0. The third-order valence-corrected chi connectivity index (χ3v) is 4.37. The summed E-state index contributed by atoms with van der Waals surface area (Å²) in [6.45, 7) is 16.6. The van der Waals surface area contributed by atoms with Gasteiger partial charge in [0, 0.05) is 11.1 Å². The van der Waals surface area contributed by atoms with Gasteiger partial charge in [0.1, 0.15) is 0 Å². The molecule has 14 heavy (non-hydrogen) atoms. The van der Waals surface area contributed by atoms with Crippen molar-refractivity contribution in [1.82, 2.24) is 4.90 Å². The van der Waals surface area contributed by atoms with E-state index < -0.39 is 0 Å². The zero-order chi connectivity index (χ0) is 11.4. The maximum atomic E-state index is 2.55. The van der Waals surface area contributed by atoms with E-state index >= 15 is 0 Å². The van der Waals surface area contributed by atoms with Crippen LogP contribution in [0.2, 0.25) is 0 Å². The maximum absolute atomic E-state index is 2.55. The van der Waals surface area contributed by atoms with E-state index in [4.69, 9.17) is 0 Å². The van der Waals surface area contributed by atoms with Gasteiger partial charge in [0.25, 0.3) is 0 Å². The first-order valence-corrected chi connectivity index (χ1v) is 5.73. The molecule has 1 nitrogen and oxygen atoms in total. The highest BCUT2D eigenvalue weighted by atomic mass is 15.3. The van der Waals surface area contributed by atoms with Crippen LogP contribution in [0.15, 0.2) is 0 Å². The SMILES string of the molecule is CN1C(C)(C)CC(C(C)(C)C)C1(C)C. The minimum atomic E-state index is 0.321. The van der Waals surface area contributed by atoms with Gasteiger partial charge in [-0.25, -0.2) is 0 Å². The van der Waals surface area contributed by atoms with E-state index in [1.807, 2.05) is 0 Å². The smallest absolute Gasteiger partial charge is 0.0189 e. The summed E-state index contributed by atoms with van der Waals surface area (Å²) in [5, 5.41) is 0. The van der Waals surface area contributed by atoms with Crippen molar-refractivity contribution in [3.05, 3.63) is 0 Å². The number of nitrogens with zero attached hydrogens (tertiary/aromatic N) is 1. The van der Waals surface area contributed by atoms with Crippen molar-refractivity contribution >= 4 is 0 Å². The summed E-state index contributed by atoms with van der Waals surface area (Å²) in [7, 11) is 2.27. The largest absolute Gasteiger partial charge is 0.296 e. The van der Waals surface area contributed by atoms with Crippen LogP contribution in [0.1, 0.15) is 54.9 Å². The van der Waals surface area contributed by atoms with Crippen molar-refractivity contribution in [3.63, 3.8) is 0 Å². The molecule has 1 rings (SSSR count). The van der Waals surface area contributed by atoms with Crippen molar-refractivity contribution in [2.45, 2.75) is 66.0 Å². The number of rotatable bonds is 0. The van der Waals surface area contributed by atoms with E-state index in [0.717, 1.165) is 5.92 Å². The van der Waals surface area contributed by atoms with Crippen LogP contribution < -0.4 is 0 Å². The van der Waals surface area contributed by atoms with Crippen LogP contribution in [0.4, 0.5) is 0 Å². The topological polar surface area (TPSA) is 3.24 Å². The lowest BCUT2D eigenvalue weighted by Gasteiger charge is -2.42. The zero-order valence-electron chi connectivity index (χ0n) is 11.2. The second kappa shape index (κ2) is 2.98. The van der Waals surface area contributed by atoms with E-state index in [9.17, 15) is 0 Å². The average molecular weight is 197 g/mol. The van der Waals surface area contributed by atoms with Crippen LogP contribution in [-0.4, -0.2) is 23.0 Å². The lowest BCUT2D eigenvalue weighted by molar-refractivity contribution is 0.0688. The van der Waals surface area contributed by atoms with Crippen molar-refractivity contribution < 1.29 is 0 Å². The minimum absolute atomic E-state index is 0.321. The molecular weight excluding hydrogens is 170 g/mol. The molecule has 1 heterocycles. The van der Waals surface area contributed by atoms with E-state index in [0.29, 0.717) is 16.5 Å². The molecule has 0 N–H and O–H groups in total. The summed E-state index contributed by atoms with van der Waals surface area (Å²) in [6, 6.07) is 0. The number of hydrogen-bond acceptors (Lipinski definition) is 1. The van der Waals surface area contributed by atoms with Gasteiger partial charge in [0.15, 0.2) is 0 Å². The van der Waals surface area contributed by atoms with Gasteiger partial charge in [-0.1, -0.05) is 20.8 Å². The van der Waals surface area contributed by atoms with Crippen LogP contribution >= 0.6 is 0 Å².